The molecule has 0 atom stereocenters. The van der Waals surface area contributed by atoms with Crippen LogP contribution in [0.25, 0.3) is 10.9 Å². The molecule has 0 radical (unpaired) electrons. The zero-order chi connectivity index (χ0) is 13.1. The zero-order valence-corrected chi connectivity index (χ0v) is 10.2. The van der Waals surface area contributed by atoms with Crippen LogP contribution >= 0.6 is 0 Å². The van der Waals surface area contributed by atoms with E-state index in [1.54, 1.807) is 25.7 Å². The minimum absolute atomic E-state index is 0.0360. The fourth-order valence-corrected chi connectivity index (χ4v) is 1.79. The Morgan fingerprint density at radius 3 is 3.00 bits per heavy atom. The van der Waals surface area contributed by atoms with Crippen LogP contribution in [0.3, 0.4) is 0 Å². The monoisotopic (exact) mass is 246 g/mol. The van der Waals surface area contributed by atoms with Crippen molar-refractivity contribution in [3.05, 3.63) is 30.4 Å². The van der Waals surface area contributed by atoms with Gasteiger partial charge in [-0.25, -0.2) is 4.98 Å². The molecule has 2 rings (SSSR count). The highest BCUT2D eigenvalue weighted by Gasteiger charge is 2.16. The summed E-state index contributed by atoms with van der Waals surface area (Å²) in [6.07, 6.45) is 6.14. The van der Waals surface area contributed by atoms with Gasteiger partial charge in [-0.15, -0.1) is 0 Å². The quantitative estimate of drug-likeness (QED) is 0.713. The van der Waals surface area contributed by atoms with Gasteiger partial charge in [-0.1, -0.05) is 0 Å². The van der Waals surface area contributed by atoms with Crippen molar-refractivity contribution >= 4 is 22.5 Å². The molecule has 0 fully saturated rings. The molecule has 18 heavy (non-hydrogen) atoms. The number of H-pyrrole nitrogens is 1. The third-order valence-electron chi connectivity index (χ3n) is 2.59. The molecule has 94 valence electrons. The predicted molar refractivity (Wildman–Crippen MR) is 69.6 cm³/mol. The summed E-state index contributed by atoms with van der Waals surface area (Å²) in [7, 11) is 1.54. The van der Waals surface area contributed by atoms with Crippen LogP contribution in [0.15, 0.2) is 24.8 Å². The molecule has 6 heteroatoms. The van der Waals surface area contributed by atoms with Crippen molar-refractivity contribution in [2.75, 3.05) is 12.4 Å². The number of fused-ring (bicyclic) bond motifs is 1. The maximum absolute atomic E-state index is 11.6. The van der Waals surface area contributed by atoms with Crippen molar-refractivity contribution < 1.29 is 9.53 Å². The number of ketones is 1. The van der Waals surface area contributed by atoms with E-state index in [4.69, 9.17) is 10.5 Å². The summed E-state index contributed by atoms with van der Waals surface area (Å²) < 4.78 is 5.23. The highest BCUT2D eigenvalue weighted by molar-refractivity contribution is 6.11. The molecule has 0 amide bonds. The molecule has 0 aliphatic heterocycles. The van der Waals surface area contributed by atoms with Crippen LogP contribution in [0.5, 0.6) is 5.75 Å². The van der Waals surface area contributed by atoms with Gasteiger partial charge in [-0.3, -0.25) is 4.79 Å². The lowest BCUT2D eigenvalue weighted by Crippen LogP contribution is -1.97. The molecule has 0 bridgehead atoms. The van der Waals surface area contributed by atoms with Crippen molar-refractivity contribution in [1.29, 1.82) is 0 Å². The normalized spacial score (nSPS) is 11.0. The van der Waals surface area contributed by atoms with E-state index in [-0.39, 0.29) is 5.78 Å². The number of carbonyl (C=O) groups is 1. The first kappa shape index (κ1) is 12.0. The number of methoxy groups -OCH3 is 1. The molecular formula is C12H14N4O2. The van der Waals surface area contributed by atoms with Crippen molar-refractivity contribution in [3.63, 3.8) is 0 Å². The lowest BCUT2D eigenvalue weighted by molar-refractivity contribution is 0.101. The fraction of sp³-hybridized carbons (Fsp3) is 0.167. The van der Waals surface area contributed by atoms with Crippen LogP contribution in [-0.4, -0.2) is 22.9 Å². The number of nitrogens with zero attached hydrogens (tertiary/aromatic N) is 1. The van der Waals surface area contributed by atoms with Crippen LogP contribution < -0.4 is 15.8 Å². The second kappa shape index (κ2) is 4.79. The molecule has 0 aliphatic rings. The minimum atomic E-state index is -0.0360. The van der Waals surface area contributed by atoms with Gasteiger partial charge in [0.15, 0.2) is 11.6 Å². The molecule has 0 unspecified atom stereocenters. The zero-order valence-electron chi connectivity index (χ0n) is 10.2. The van der Waals surface area contributed by atoms with E-state index in [0.29, 0.717) is 28.0 Å². The first-order valence-corrected chi connectivity index (χ1v) is 5.37. The van der Waals surface area contributed by atoms with Crippen molar-refractivity contribution in [2.45, 2.75) is 6.92 Å². The number of Topliss-reactive ketones (excluding diaryl/α,β-unsaturated/α-hetero) is 1. The number of hydrogen-bond donors (Lipinski definition) is 3. The van der Waals surface area contributed by atoms with Gasteiger partial charge in [-0.05, 0) is 6.92 Å². The number of carbonyl (C=O) groups excluding carboxylic acids is 1. The van der Waals surface area contributed by atoms with Gasteiger partial charge in [0, 0.05) is 24.2 Å². The number of nitrogens with one attached hydrogen (secondary N) is 2. The number of aromatic nitrogens is 2. The summed E-state index contributed by atoms with van der Waals surface area (Å²) in [4.78, 5) is 18.8. The molecule has 2 heterocycles. The molecule has 2 aromatic heterocycles. The maximum Gasteiger partial charge on any atom is 0.162 e. The average Bonchev–Trinajstić information content (AvgIpc) is 2.81. The first-order chi connectivity index (χ1) is 8.69. The fourth-order valence-electron chi connectivity index (χ4n) is 1.79. The molecule has 0 saturated heterocycles. The van der Waals surface area contributed by atoms with Gasteiger partial charge in [0.1, 0.15) is 5.75 Å². The topological polar surface area (TPSA) is 93.0 Å². The number of hydrogen-bond acceptors (Lipinski definition) is 5. The average molecular weight is 246 g/mol. The molecule has 6 nitrogen and oxygen atoms in total. The summed E-state index contributed by atoms with van der Waals surface area (Å²) in [6.45, 7) is 1.51. The third kappa shape index (κ3) is 1.88. The van der Waals surface area contributed by atoms with E-state index in [0.717, 1.165) is 0 Å². The Labute approximate surface area is 104 Å². The minimum Gasteiger partial charge on any atom is -0.494 e. The van der Waals surface area contributed by atoms with Crippen molar-refractivity contribution in [1.82, 2.24) is 9.97 Å². The Bertz CT molecular complexity index is 616. The van der Waals surface area contributed by atoms with Crippen LogP contribution in [0, 0.1) is 0 Å². The van der Waals surface area contributed by atoms with Crippen molar-refractivity contribution in [2.24, 2.45) is 5.73 Å². The summed E-state index contributed by atoms with van der Waals surface area (Å²) in [6, 6.07) is 0. The van der Waals surface area contributed by atoms with E-state index in [1.807, 2.05) is 0 Å². The van der Waals surface area contributed by atoms with Gasteiger partial charge < -0.3 is 20.8 Å². The number of pyridine rings is 1. The van der Waals surface area contributed by atoms with Gasteiger partial charge in [0.2, 0.25) is 0 Å². The second-order valence-electron chi connectivity index (χ2n) is 3.69. The standard InChI is InChI=1S/C12H14N4O2/c1-7(17)8-5-15-11-10(8)9(18-2)6-16-12(11)14-4-3-13/h3-6,15H,13H2,1-2H3,(H,14,16)/b4-3-. The summed E-state index contributed by atoms with van der Waals surface area (Å²) in [5.74, 6) is 1.10. The molecular weight excluding hydrogens is 232 g/mol. The van der Waals surface area contributed by atoms with Crippen LogP contribution in [0.1, 0.15) is 17.3 Å². The summed E-state index contributed by atoms with van der Waals surface area (Å²) in [5.41, 5.74) is 6.55. The van der Waals surface area contributed by atoms with E-state index >= 15 is 0 Å². The Hall–Kier alpha value is -2.50. The van der Waals surface area contributed by atoms with Crippen molar-refractivity contribution in [3.8, 4) is 5.75 Å². The van der Waals surface area contributed by atoms with E-state index in [2.05, 4.69) is 15.3 Å². The van der Waals surface area contributed by atoms with Crippen LogP contribution in [0.4, 0.5) is 5.82 Å². The molecule has 2 aromatic rings. The first-order valence-electron chi connectivity index (χ1n) is 5.37. The molecule has 0 saturated carbocycles. The summed E-state index contributed by atoms with van der Waals surface area (Å²) in [5, 5.41) is 3.64. The van der Waals surface area contributed by atoms with Gasteiger partial charge >= 0.3 is 0 Å². The molecule has 4 N–H and O–H groups in total. The SMILES string of the molecule is COc1cnc(N/C=C\N)c2[nH]cc(C(C)=O)c12. The Morgan fingerprint density at radius 1 is 1.61 bits per heavy atom. The van der Waals surface area contributed by atoms with Crippen LogP contribution in [0.2, 0.25) is 0 Å². The highest BCUT2D eigenvalue weighted by Crippen LogP contribution is 2.32. The Kier molecular flexibility index (Phi) is 3.18. The maximum atomic E-state index is 11.6. The smallest absolute Gasteiger partial charge is 0.162 e. The predicted octanol–water partition coefficient (Wildman–Crippen LogP) is 1.62. The lowest BCUT2D eigenvalue weighted by atomic mass is 10.1. The highest BCUT2D eigenvalue weighted by atomic mass is 16.5. The van der Waals surface area contributed by atoms with Crippen LogP contribution in [-0.2, 0) is 0 Å². The number of rotatable bonds is 4. The molecule has 0 spiro atoms. The van der Waals surface area contributed by atoms with E-state index in [9.17, 15) is 4.79 Å². The number of nitrogens with two attached hydrogens (primary N) is 1. The van der Waals surface area contributed by atoms with Gasteiger partial charge in [0.25, 0.3) is 0 Å². The second-order valence-corrected chi connectivity index (χ2v) is 3.69. The largest absolute Gasteiger partial charge is 0.494 e. The lowest BCUT2D eigenvalue weighted by Gasteiger charge is -2.06. The number of aromatic amines is 1. The number of anilines is 1. The number of ether oxygens (including phenoxy) is 1. The van der Waals surface area contributed by atoms with Gasteiger partial charge in [-0.2, -0.15) is 0 Å². The summed E-state index contributed by atoms with van der Waals surface area (Å²) >= 11 is 0. The molecule has 0 aliphatic carbocycles. The van der Waals surface area contributed by atoms with E-state index < -0.39 is 0 Å². The third-order valence-corrected chi connectivity index (χ3v) is 2.59. The Balaban J connectivity index is 2.68. The Morgan fingerprint density at radius 2 is 2.39 bits per heavy atom. The van der Waals surface area contributed by atoms with E-state index in [1.165, 1.54) is 13.1 Å². The van der Waals surface area contributed by atoms with Gasteiger partial charge in [0.05, 0.1) is 24.2 Å². The molecule has 0 aromatic carbocycles.